The van der Waals surface area contributed by atoms with Crippen molar-refractivity contribution in [1.82, 2.24) is 4.98 Å². The molecular weight excluding hydrogens is 253 g/mol. The Morgan fingerprint density at radius 1 is 1.50 bits per heavy atom. The highest BCUT2D eigenvalue weighted by molar-refractivity contribution is 7.18. The summed E-state index contributed by atoms with van der Waals surface area (Å²) in [6.45, 7) is 4.04. The van der Waals surface area contributed by atoms with Gasteiger partial charge in [-0.05, 0) is 25.5 Å². The minimum atomic E-state index is -0.356. The lowest BCUT2D eigenvalue weighted by Crippen LogP contribution is -2.15. The van der Waals surface area contributed by atoms with Crippen molar-refractivity contribution in [3.05, 3.63) is 29.0 Å². The van der Waals surface area contributed by atoms with Gasteiger partial charge in [0.2, 0.25) is 0 Å². The molecule has 96 valence electrons. The van der Waals surface area contributed by atoms with Gasteiger partial charge >= 0.3 is 5.97 Å². The first-order valence-corrected chi connectivity index (χ1v) is 6.70. The molecule has 0 saturated heterocycles. The van der Waals surface area contributed by atoms with E-state index in [-0.39, 0.29) is 17.7 Å². The van der Waals surface area contributed by atoms with Gasteiger partial charge in [0, 0.05) is 6.07 Å². The molecule has 0 N–H and O–H groups in total. The zero-order valence-corrected chi connectivity index (χ0v) is 11.1. The van der Waals surface area contributed by atoms with Crippen molar-refractivity contribution in [2.24, 2.45) is 0 Å². The van der Waals surface area contributed by atoms with Gasteiger partial charge in [0.05, 0.1) is 16.8 Å². The summed E-state index contributed by atoms with van der Waals surface area (Å²) in [6, 6.07) is 4.46. The summed E-state index contributed by atoms with van der Waals surface area (Å²) in [5, 5.41) is 0.691. The fraction of sp³-hybridized carbons (Fsp3) is 0.385. The number of carbonyl (C=O) groups excluding carboxylic acids is 1. The summed E-state index contributed by atoms with van der Waals surface area (Å²) in [6.07, 6.45) is 0.626. The molecule has 0 aliphatic carbocycles. The predicted octanol–water partition coefficient (Wildman–Crippen LogP) is 3.49. The maximum absolute atomic E-state index is 13.1. The minimum Gasteiger partial charge on any atom is -0.465 e. The van der Waals surface area contributed by atoms with Gasteiger partial charge in [-0.2, -0.15) is 0 Å². The zero-order chi connectivity index (χ0) is 13.1. The monoisotopic (exact) mass is 267 g/mol. The van der Waals surface area contributed by atoms with E-state index in [9.17, 15) is 9.18 Å². The van der Waals surface area contributed by atoms with Crippen molar-refractivity contribution in [2.45, 2.75) is 26.2 Å². The molecule has 2 aromatic rings. The van der Waals surface area contributed by atoms with Crippen LogP contribution >= 0.6 is 11.3 Å². The largest absolute Gasteiger partial charge is 0.465 e. The summed E-state index contributed by atoms with van der Waals surface area (Å²) in [7, 11) is 0. The molecule has 1 atom stereocenters. The van der Waals surface area contributed by atoms with Crippen LogP contribution in [0.5, 0.6) is 0 Å². The highest BCUT2D eigenvalue weighted by atomic mass is 32.1. The maximum atomic E-state index is 13.1. The van der Waals surface area contributed by atoms with Gasteiger partial charge in [-0.15, -0.1) is 11.3 Å². The van der Waals surface area contributed by atoms with Crippen molar-refractivity contribution < 1.29 is 13.9 Å². The number of fused-ring (bicyclic) bond motifs is 1. The average molecular weight is 267 g/mol. The van der Waals surface area contributed by atoms with E-state index in [1.165, 1.54) is 23.5 Å². The van der Waals surface area contributed by atoms with Crippen LogP contribution in [0, 0.1) is 5.82 Å². The molecule has 3 nitrogen and oxygen atoms in total. The van der Waals surface area contributed by atoms with Crippen LogP contribution in [0.3, 0.4) is 0 Å². The first-order valence-electron chi connectivity index (χ1n) is 5.88. The van der Waals surface area contributed by atoms with Crippen molar-refractivity contribution in [1.29, 1.82) is 0 Å². The molecule has 1 aromatic heterocycles. The Hall–Kier alpha value is -1.49. The van der Waals surface area contributed by atoms with Gasteiger partial charge < -0.3 is 4.74 Å². The summed E-state index contributed by atoms with van der Waals surface area (Å²) >= 11 is 1.41. The Labute approximate surface area is 109 Å². The lowest BCUT2D eigenvalue weighted by molar-refractivity contribution is -0.145. The second kappa shape index (κ2) is 5.44. The van der Waals surface area contributed by atoms with Crippen molar-refractivity contribution in [2.75, 3.05) is 6.61 Å². The number of hydrogen-bond donors (Lipinski definition) is 0. The molecular formula is C13H14FNO2S. The van der Waals surface area contributed by atoms with E-state index < -0.39 is 0 Å². The molecule has 0 aliphatic rings. The lowest BCUT2D eigenvalue weighted by Gasteiger charge is -2.09. The summed E-state index contributed by atoms with van der Waals surface area (Å²) < 4.78 is 19.0. The number of aromatic nitrogens is 1. The van der Waals surface area contributed by atoms with Crippen LogP contribution in [0.25, 0.3) is 10.2 Å². The number of carbonyl (C=O) groups is 1. The Morgan fingerprint density at radius 2 is 2.28 bits per heavy atom. The average Bonchev–Trinajstić information content (AvgIpc) is 2.72. The number of thiazole rings is 1. The Bertz CT molecular complexity index is 567. The van der Waals surface area contributed by atoms with Gasteiger partial charge in [0.1, 0.15) is 16.7 Å². The summed E-state index contributed by atoms with van der Waals surface area (Å²) in [5.41, 5.74) is 0.595. The molecule has 1 heterocycles. The standard InChI is InChI=1S/C13H14FNO2S/c1-3-9(13(16)17-4-2)12-15-10-7-8(14)5-6-11(10)18-12/h5-7,9H,3-4H2,1-2H3. The molecule has 0 spiro atoms. The van der Waals surface area contributed by atoms with Crippen LogP contribution in [0.15, 0.2) is 18.2 Å². The number of rotatable bonds is 4. The molecule has 0 radical (unpaired) electrons. The highest BCUT2D eigenvalue weighted by Crippen LogP contribution is 2.30. The van der Waals surface area contributed by atoms with Gasteiger partial charge in [0.15, 0.2) is 0 Å². The number of benzene rings is 1. The third-order valence-electron chi connectivity index (χ3n) is 2.64. The van der Waals surface area contributed by atoms with E-state index in [0.717, 1.165) is 4.70 Å². The second-order valence-corrected chi connectivity index (χ2v) is 4.94. The Morgan fingerprint density at radius 3 is 2.94 bits per heavy atom. The van der Waals surface area contributed by atoms with Crippen LogP contribution in [0.2, 0.25) is 0 Å². The van der Waals surface area contributed by atoms with Gasteiger partial charge in [0.25, 0.3) is 0 Å². The van der Waals surface area contributed by atoms with Gasteiger partial charge in [-0.25, -0.2) is 9.37 Å². The zero-order valence-electron chi connectivity index (χ0n) is 10.3. The third-order valence-corrected chi connectivity index (χ3v) is 3.79. The van der Waals surface area contributed by atoms with Gasteiger partial charge in [-0.1, -0.05) is 6.92 Å². The summed E-state index contributed by atoms with van der Waals surface area (Å²) in [4.78, 5) is 16.1. The normalized spacial score (nSPS) is 12.6. The first-order chi connectivity index (χ1) is 8.65. The van der Waals surface area contributed by atoms with E-state index in [1.54, 1.807) is 13.0 Å². The smallest absolute Gasteiger partial charge is 0.315 e. The maximum Gasteiger partial charge on any atom is 0.315 e. The van der Waals surface area contributed by atoms with Crippen LogP contribution in [-0.4, -0.2) is 17.6 Å². The minimum absolute atomic E-state index is 0.264. The Balaban J connectivity index is 2.36. The fourth-order valence-corrected chi connectivity index (χ4v) is 2.87. The molecule has 5 heteroatoms. The highest BCUT2D eigenvalue weighted by Gasteiger charge is 2.23. The molecule has 18 heavy (non-hydrogen) atoms. The van der Waals surface area contributed by atoms with Crippen LogP contribution < -0.4 is 0 Å². The summed E-state index contributed by atoms with van der Waals surface area (Å²) in [5.74, 6) is -0.937. The first kappa shape index (κ1) is 13.0. The Kier molecular flexibility index (Phi) is 3.91. The van der Waals surface area contributed by atoms with Crippen molar-refractivity contribution >= 4 is 27.5 Å². The van der Waals surface area contributed by atoms with Crippen LogP contribution in [-0.2, 0) is 9.53 Å². The number of halogens is 1. The molecule has 0 bridgehead atoms. The van der Waals surface area contributed by atoms with E-state index >= 15 is 0 Å². The molecule has 0 fully saturated rings. The number of hydrogen-bond acceptors (Lipinski definition) is 4. The van der Waals surface area contributed by atoms with Crippen LogP contribution in [0.4, 0.5) is 4.39 Å². The van der Waals surface area contributed by atoms with Gasteiger partial charge in [-0.3, -0.25) is 4.79 Å². The molecule has 0 saturated carbocycles. The number of nitrogens with zero attached hydrogens (tertiary/aromatic N) is 1. The molecule has 0 aliphatic heterocycles. The SMILES string of the molecule is CCOC(=O)C(CC)c1nc2cc(F)ccc2s1. The fourth-order valence-electron chi connectivity index (χ4n) is 1.75. The molecule has 1 unspecified atom stereocenters. The molecule has 0 amide bonds. The third kappa shape index (κ3) is 2.51. The van der Waals surface area contributed by atoms with E-state index in [2.05, 4.69) is 4.98 Å². The lowest BCUT2D eigenvalue weighted by atomic mass is 10.1. The van der Waals surface area contributed by atoms with Crippen molar-refractivity contribution in [3.63, 3.8) is 0 Å². The number of esters is 1. The quantitative estimate of drug-likeness (QED) is 0.796. The van der Waals surface area contributed by atoms with E-state index in [4.69, 9.17) is 4.74 Å². The predicted molar refractivity (Wildman–Crippen MR) is 69.2 cm³/mol. The van der Waals surface area contributed by atoms with E-state index in [0.29, 0.717) is 23.6 Å². The van der Waals surface area contributed by atoms with Crippen molar-refractivity contribution in [3.8, 4) is 0 Å². The second-order valence-electron chi connectivity index (χ2n) is 3.88. The topological polar surface area (TPSA) is 39.2 Å². The molecule has 1 aromatic carbocycles. The molecule has 2 rings (SSSR count). The van der Waals surface area contributed by atoms with Crippen LogP contribution in [0.1, 0.15) is 31.2 Å². The number of ether oxygens (including phenoxy) is 1. The van der Waals surface area contributed by atoms with E-state index in [1.807, 2.05) is 6.92 Å².